The quantitative estimate of drug-likeness (QED) is 0.688. The van der Waals surface area contributed by atoms with Gasteiger partial charge in [0.05, 0.1) is 5.54 Å². The van der Waals surface area contributed by atoms with Gasteiger partial charge in [-0.15, -0.1) is 0 Å². The van der Waals surface area contributed by atoms with Gasteiger partial charge < -0.3 is 15.4 Å². The second-order valence-corrected chi connectivity index (χ2v) is 5.70. The summed E-state index contributed by atoms with van der Waals surface area (Å²) in [5, 5.41) is 6.37. The Kier molecular flexibility index (Phi) is 2.23. The lowest BCUT2D eigenvalue weighted by Crippen LogP contribution is -2.48. The molecule has 2 fully saturated rings. The molecule has 1 amide bonds. The summed E-state index contributed by atoms with van der Waals surface area (Å²) in [6.45, 7) is 8.77. The third-order valence-electron chi connectivity index (χ3n) is 3.33. The zero-order valence-corrected chi connectivity index (χ0v) is 9.89. The van der Waals surface area contributed by atoms with Crippen molar-refractivity contribution in [1.29, 1.82) is 0 Å². The molecule has 1 saturated heterocycles. The highest BCUT2D eigenvalue weighted by Crippen LogP contribution is 2.49. The number of alkyl carbamates (subject to hydrolysis) is 1. The van der Waals surface area contributed by atoms with Crippen molar-refractivity contribution in [3.8, 4) is 0 Å². The maximum absolute atomic E-state index is 11.6. The molecular weight excluding hydrogens is 192 g/mol. The van der Waals surface area contributed by atoms with Gasteiger partial charge in [0.2, 0.25) is 0 Å². The van der Waals surface area contributed by atoms with Crippen LogP contribution in [0.3, 0.4) is 0 Å². The Balaban J connectivity index is 1.90. The molecule has 86 valence electrons. The van der Waals surface area contributed by atoms with Gasteiger partial charge in [-0.25, -0.2) is 4.79 Å². The minimum atomic E-state index is -0.416. The van der Waals surface area contributed by atoms with Crippen molar-refractivity contribution in [2.75, 3.05) is 6.54 Å². The Hall–Kier alpha value is -0.770. The molecule has 1 saturated carbocycles. The van der Waals surface area contributed by atoms with Gasteiger partial charge in [0.15, 0.2) is 0 Å². The van der Waals surface area contributed by atoms with E-state index in [-0.39, 0.29) is 11.6 Å². The SMILES string of the molecule is CC1NC[C@H]2C[C@@]12NC(=O)OC(C)(C)C. The van der Waals surface area contributed by atoms with E-state index >= 15 is 0 Å². The van der Waals surface area contributed by atoms with Gasteiger partial charge in [-0.1, -0.05) is 0 Å². The first-order chi connectivity index (χ1) is 6.83. The van der Waals surface area contributed by atoms with Gasteiger partial charge in [0.25, 0.3) is 0 Å². The van der Waals surface area contributed by atoms with E-state index in [9.17, 15) is 4.79 Å². The Bertz CT molecular complexity index is 285. The van der Waals surface area contributed by atoms with Crippen LogP contribution in [0.5, 0.6) is 0 Å². The molecular formula is C11H20N2O2. The van der Waals surface area contributed by atoms with Crippen LogP contribution in [0, 0.1) is 5.92 Å². The standard InChI is InChI=1S/C11H20N2O2/c1-7-11(5-8(11)6-12-7)13-9(14)15-10(2,3)4/h7-8,12H,5-6H2,1-4H3,(H,13,14)/t7?,8-,11-/m1/s1. The average molecular weight is 212 g/mol. The van der Waals surface area contributed by atoms with Crippen LogP contribution < -0.4 is 10.6 Å². The Labute approximate surface area is 90.8 Å². The number of carbonyl (C=O) groups is 1. The second-order valence-electron chi connectivity index (χ2n) is 5.70. The number of hydrogen-bond acceptors (Lipinski definition) is 3. The van der Waals surface area contributed by atoms with Gasteiger partial charge in [-0.3, -0.25) is 0 Å². The first kappa shape index (κ1) is 10.7. The van der Waals surface area contributed by atoms with E-state index in [1.165, 1.54) is 0 Å². The van der Waals surface area contributed by atoms with Crippen LogP contribution in [0.15, 0.2) is 0 Å². The summed E-state index contributed by atoms with van der Waals surface area (Å²) in [5.74, 6) is 0.597. The number of carbonyl (C=O) groups excluding carboxylic acids is 1. The maximum Gasteiger partial charge on any atom is 0.408 e. The van der Waals surface area contributed by atoms with E-state index in [1.807, 2.05) is 20.8 Å². The fourth-order valence-corrected chi connectivity index (χ4v) is 2.39. The number of hydrogen-bond donors (Lipinski definition) is 2. The summed E-state index contributed by atoms with van der Waals surface area (Å²) >= 11 is 0. The van der Waals surface area contributed by atoms with Crippen molar-refractivity contribution in [3.05, 3.63) is 0 Å². The molecule has 0 spiro atoms. The lowest BCUT2D eigenvalue weighted by Gasteiger charge is -2.25. The normalized spacial score (nSPS) is 38.4. The smallest absolute Gasteiger partial charge is 0.408 e. The van der Waals surface area contributed by atoms with Crippen molar-refractivity contribution >= 4 is 6.09 Å². The molecule has 0 bridgehead atoms. The zero-order chi connectivity index (χ0) is 11.3. The van der Waals surface area contributed by atoms with Crippen molar-refractivity contribution in [1.82, 2.24) is 10.6 Å². The fourth-order valence-electron chi connectivity index (χ4n) is 2.39. The highest BCUT2D eigenvalue weighted by atomic mass is 16.6. The highest BCUT2D eigenvalue weighted by molar-refractivity contribution is 5.70. The summed E-state index contributed by atoms with van der Waals surface area (Å²) in [6.07, 6.45) is 0.793. The number of piperidine rings is 1. The van der Waals surface area contributed by atoms with Crippen molar-refractivity contribution in [2.45, 2.75) is 51.3 Å². The number of fused-ring (bicyclic) bond motifs is 1. The molecule has 1 aliphatic carbocycles. The molecule has 0 radical (unpaired) electrons. The monoisotopic (exact) mass is 212 g/mol. The van der Waals surface area contributed by atoms with E-state index < -0.39 is 5.60 Å². The molecule has 2 aliphatic rings. The minimum Gasteiger partial charge on any atom is -0.444 e. The summed E-state index contributed by atoms with van der Waals surface area (Å²) in [5.41, 5.74) is -0.442. The third-order valence-corrected chi connectivity index (χ3v) is 3.33. The van der Waals surface area contributed by atoms with Crippen LogP contribution in [0.25, 0.3) is 0 Å². The Morgan fingerprint density at radius 1 is 1.53 bits per heavy atom. The molecule has 0 aromatic carbocycles. The molecule has 2 rings (SSSR count). The van der Waals surface area contributed by atoms with Gasteiger partial charge in [-0.2, -0.15) is 0 Å². The predicted octanol–water partition coefficient (Wildman–Crippen LogP) is 1.26. The maximum atomic E-state index is 11.6. The largest absolute Gasteiger partial charge is 0.444 e. The molecule has 4 nitrogen and oxygen atoms in total. The minimum absolute atomic E-state index is 0.0255. The summed E-state index contributed by atoms with van der Waals surface area (Å²) in [7, 11) is 0. The van der Waals surface area contributed by atoms with Crippen molar-refractivity contribution < 1.29 is 9.53 Å². The predicted molar refractivity (Wildman–Crippen MR) is 57.7 cm³/mol. The van der Waals surface area contributed by atoms with Gasteiger partial charge in [0, 0.05) is 12.6 Å². The van der Waals surface area contributed by atoms with Crippen LogP contribution in [0.1, 0.15) is 34.1 Å². The number of amides is 1. The van der Waals surface area contributed by atoms with Gasteiger partial charge in [-0.05, 0) is 40.0 Å². The van der Waals surface area contributed by atoms with Crippen molar-refractivity contribution in [3.63, 3.8) is 0 Å². The average Bonchev–Trinajstić information content (AvgIpc) is 2.64. The molecule has 0 aromatic rings. The van der Waals surface area contributed by atoms with E-state index in [0.29, 0.717) is 12.0 Å². The van der Waals surface area contributed by atoms with E-state index in [1.54, 1.807) is 0 Å². The first-order valence-electron chi connectivity index (χ1n) is 5.58. The molecule has 0 aromatic heterocycles. The molecule has 15 heavy (non-hydrogen) atoms. The zero-order valence-electron chi connectivity index (χ0n) is 9.89. The molecule has 2 N–H and O–H groups in total. The molecule has 3 atom stereocenters. The summed E-state index contributed by atoms with van der Waals surface area (Å²) in [6, 6.07) is 0.356. The third kappa shape index (κ3) is 1.95. The van der Waals surface area contributed by atoms with Crippen LogP contribution in [0.2, 0.25) is 0 Å². The summed E-state index contributed by atoms with van der Waals surface area (Å²) < 4.78 is 5.26. The van der Waals surface area contributed by atoms with Crippen LogP contribution in [-0.2, 0) is 4.74 Å². The van der Waals surface area contributed by atoms with Gasteiger partial charge in [0.1, 0.15) is 5.60 Å². The van der Waals surface area contributed by atoms with Crippen LogP contribution >= 0.6 is 0 Å². The van der Waals surface area contributed by atoms with E-state index in [2.05, 4.69) is 17.6 Å². The summed E-state index contributed by atoms with van der Waals surface area (Å²) in [4.78, 5) is 11.6. The lowest BCUT2D eigenvalue weighted by molar-refractivity contribution is 0.0488. The number of ether oxygens (including phenoxy) is 1. The van der Waals surface area contributed by atoms with E-state index in [4.69, 9.17) is 4.74 Å². The lowest BCUT2D eigenvalue weighted by atomic mass is 10.1. The topological polar surface area (TPSA) is 50.4 Å². The molecule has 4 heteroatoms. The fraction of sp³-hybridized carbons (Fsp3) is 0.909. The molecule has 1 unspecified atom stereocenters. The number of rotatable bonds is 1. The van der Waals surface area contributed by atoms with Crippen molar-refractivity contribution in [2.24, 2.45) is 5.92 Å². The second kappa shape index (κ2) is 3.11. The van der Waals surface area contributed by atoms with Gasteiger partial charge >= 0.3 is 6.09 Å². The molecule has 1 heterocycles. The number of nitrogens with one attached hydrogen (secondary N) is 2. The first-order valence-corrected chi connectivity index (χ1v) is 5.58. The Morgan fingerprint density at radius 2 is 2.20 bits per heavy atom. The van der Waals surface area contributed by atoms with E-state index in [0.717, 1.165) is 13.0 Å². The van der Waals surface area contributed by atoms with Crippen LogP contribution in [0.4, 0.5) is 4.79 Å². The van der Waals surface area contributed by atoms with Crippen LogP contribution in [-0.4, -0.2) is 29.8 Å². The molecule has 1 aliphatic heterocycles. The highest BCUT2D eigenvalue weighted by Gasteiger charge is 2.62. The Morgan fingerprint density at radius 3 is 2.60 bits per heavy atom.